The van der Waals surface area contributed by atoms with Gasteiger partial charge in [-0.05, 0) is 28.7 Å². The zero-order valence-corrected chi connectivity index (χ0v) is 9.56. The fourth-order valence-electron chi connectivity index (χ4n) is 0.823. The van der Waals surface area contributed by atoms with Gasteiger partial charge in [0.25, 0.3) is 0 Å². The zero-order valence-electron chi connectivity index (χ0n) is 6.65. The van der Waals surface area contributed by atoms with Crippen molar-refractivity contribution in [3.8, 4) is 0 Å². The quantitative estimate of drug-likeness (QED) is 0.633. The Morgan fingerprint density at radius 2 is 2.07 bits per heavy atom. The van der Waals surface area contributed by atoms with Crippen molar-refractivity contribution in [2.75, 3.05) is 0 Å². The summed E-state index contributed by atoms with van der Waals surface area (Å²) in [7, 11) is 0. The van der Waals surface area contributed by atoms with Gasteiger partial charge in [0.05, 0.1) is 0 Å². The van der Waals surface area contributed by atoms with Crippen molar-refractivity contribution in [2.24, 2.45) is 5.73 Å². The molecule has 14 heavy (non-hydrogen) atoms. The average molecular weight is 336 g/mol. The largest absolute Gasteiger partial charge is 0.407 e. The minimum Gasteiger partial charge on any atom is -0.316 e. The number of nitrogens with zero attached hydrogens (tertiary/aromatic N) is 1. The molecule has 0 aliphatic heterocycles. The molecule has 2 N–H and O–H groups in total. The van der Waals surface area contributed by atoms with Crippen LogP contribution in [0.25, 0.3) is 0 Å². The summed E-state index contributed by atoms with van der Waals surface area (Å²) in [4.78, 5) is 3.56. The first-order valence-electron chi connectivity index (χ1n) is 3.45. The first-order chi connectivity index (χ1) is 6.32. The molecule has 0 bridgehead atoms. The molecule has 1 aromatic heterocycles. The molecule has 0 aliphatic rings. The van der Waals surface area contributed by atoms with Crippen LogP contribution in [0.2, 0.25) is 5.15 Å². The Morgan fingerprint density at radius 1 is 1.50 bits per heavy atom. The molecule has 0 saturated heterocycles. The maximum atomic E-state index is 12.2. The Morgan fingerprint density at radius 3 is 2.50 bits per heavy atom. The standard InChI is InChI=1S/C7H5ClF3IN2/c8-5-1-4(12)3(2-14-5)6(13)7(9,10)11/h1-2,6H,13H2. The first-order valence-corrected chi connectivity index (χ1v) is 4.91. The second-order valence-corrected chi connectivity index (χ2v) is 4.10. The third-order valence-electron chi connectivity index (χ3n) is 1.54. The lowest BCUT2D eigenvalue weighted by molar-refractivity contribution is -0.149. The van der Waals surface area contributed by atoms with Gasteiger partial charge in [-0.15, -0.1) is 0 Å². The molecule has 1 heterocycles. The highest BCUT2D eigenvalue weighted by atomic mass is 127. The van der Waals surface area contributed by atoms with E-state index in [-0.39, 0.29) is 10.7 Å². The van der Waals surface area contributed by atoms with E-state index in [1.54, 1.807) is 22.6 Å². The van der Waals surface area contributed by atoms with Gasteiger partial charge in [-0.3, -0.25) is 0 Å². The fourth-order valence-corrected chi connectivity index (χ4v) is 1.93. The van der Waals surface area contributed by atoms with Gasteiger partial charge in [-0.2, -0.15) is 13.2 Å². The normalized spacial score (nSPS) is 14.1. The number of nitrogens with two attached hydrogens (primary N) is 1. The van der Waals surface area contributed by atoms with Crippen LogP contribution >= 0.6 is 34.2 Å². The molecule has 1 unspecified atom stereocenters. The van der Waals surface area contributed by atoms with Crippen LogP contribution in [0, 0.1) is 3.57 Å². The summed E-state index contributed by atoms with van der Waals surface area (Å²) in [6, 6.07) is -0.678. The lowest BCUT2D eigenvalue weighted by Crippen LogP contribution is -2.29. The van der Waals surface area contributed by atoms with Crippen LogP contribution in [0.5, 0.6) is 0 Å². The zero-order chi connectivity index (χ0) is 10.9. The highest BCUT2D eigenvalue weighted by Gasteiger charge is 2.39. The second kappa shape index (κ2) is 4.19. The predicted octanol–water partition coefficient (Wildman–Crippen LogP) is 2.90. The van der Waals surface area contributed by atoms with E-state index in [1.807, 2.05) is 0 Å². The summed E-state index contributed by atoms with van der Waals surface area (Å²) < 4.78 is 37.0. The molecule has 1 atom stereocenters. The van der Waals surface area contributed by atoms with E-state index in [0.717, 1.165) is 6.20 Å². The summed E-state index contributed by atoms with van der Waals surface area (Å²) in [5.41, 5.74) is 4.94. The van der Waals surface area contributed by atoms with Crippen LogP contribution in [0.3, 0.4) is 0 Å². The molecule has 0 fully saturated rings. The summed E-state index contributed by atoms with van der Waals surface area (Å²) in [5, 5.41) is 0.146. The molecule has 0 saturated carbocycles. The maximum Gasteiger partial charge on any atom is 0.407 e. The number of hydrogen-bond acceptors (Lipinski definition) is 2. The third-order valence-corrected chi connectivity index (χ3v) is 2.68. The van der Waals surface area contributed by atoms with Crippen LogP contribution in [0.1, 0.15) is 11.6 Å². The number of halogens is 5. The SMILES string of the molecule is NC(c1cnc(Cl)cc1I)C(F)(F)F. The average Bonchev–Trinajstić information content (AvgIpc) is 2.01. The van der Waals surface area contributed by atoms with Gasteiger partial charge in [0.1, 0.15) is 11.2 Å². The van der Waals surface area contributed by atoms with Gasteiger partial charge in [-0.25, -0.2) is 4.98 Å². The molecule has 1 aromatic rings. The molecule has 0 radical (unpaired) electrons. The van der Waals surface area contributed by atoms with Crippen LogP contribution in [0.15, 0.2) is 12.3 Å². The van der Waals surface area contributed by atoms with Gasteiger partial charge in [0.2, 0.25) is 0 Å². The molecular weight excluding hydrogens is 331 g/mol. The van der Waals surface area contributed by atoms with Crippen LogP contribution in [-0.4, -0.2) is 11.2 Å². The smallest absolute Gasteiger partial charge is 0.316 e. The van der Waals surface area contributed by atoms with E-state index >= 15 is 0 Å². The molecule has 0 aromatic carbocycles. The van der Waals surface area contributed by atoms with Crippen molar-refractivity contribution in [3.05, 3.63) is 26.5 Å². The molecule has 78 valence electrons. The predicted molar refractivity (Wildman–Crippen MR) is 54.9 cm³/mol. The minimum atomic E-state index is -4.46. The highest BCUT2D eigenvalue weighted by Crippen LogP contribution is 2.32. The molecule has 0 spiro atoms. The fraction of sp³-hybridized carbons (Fsp3) is 0.286. The number of alkyl halides is 3. The maximum absolute atomic E-state index is 12.2. The minimum absolute atomic E-state index is 0.0671. The van der Waals surface area contributed by atoms with Gasteiger partial charge in [0.15, 0.2) is 0 Å². The van der Waals surface area contributed by atoms with E-state index in [2.05, 4.69) is 4.98 Å². The van der Waals surface area contributed by atoms with Gasteiger partial charge in [0, 0.05) is 15.3 Å². The number of pyridine rings is 1. The van der Waals surface area contributed by atoms with E-state index < -0.39 is 12.2 Å². The van der Waals surface area contributed by atoms with Crippen molar-refractivity contribution in [1.29, 1.82) is 0 Å². The van der Waals surface area contributed by atoms with Crippen LogP contribution < -0.4 is 5.73 Å². The Labute approximate surface area is 96.8 Å². The molecular formula is C7H5ClF3IN2. The van der Waals surface area contributed by atoms with Crippen LogP contribution in [0.4, 0.5) is 13.2 Å². The molecule has 2 nitrogen and oxygen atoms in total. The molecule has 7 heteroatoms. The summed E-state index contributed by atoms with van der Waals surface area (Å²) in [6.45, 7) is 0. The lowest BCUT2D eigenvalue weighted by atomic mass is 10.1. The molecule has 0 amide bonds. The lowest BCUT2D eigenvalue weighted by Gasteiger charge is -2.16. The Hall–Kier alpha value is -0.0800. The van der Waals surface area contributed by atoms with E-state index in [4.69, 9.17) is 17.3 Å². The highest BCUT2D eigenvalue weighted by molar-refractivity contribution is 14.1. The summed E-state index contributed by atoms with van der Waals surface area (Å²) in [5.74, 6) is 0. The number of rotatable bonds is 1. The van der Waals surface area contributed by atoms with Crippen molar-refractivity contribution < 1.29 is 13.2 Å². The Kier molecular flexibility index (Phi) is 3.59. The van der Waals surface area contributed by atoms with Crippen molar-refractivity contribution in [2.45, 2.75) is 12.2 Å². The van der Waals surface area contributed by atoms with Crippen LogP contribution in [-0.2, 0) is 0 Å². The Balaban J connectivity index is 3.08. The van der Waals surface area contributed by atoms with Crippen molar-refractivity contribution in [1.82, 2.24) is 4.98 Å². The van der Waals surface area contributed by atoms with Gasteiger partial charge >= 0.3 is 6.18 Å². The van der Waals surface area contributed by atoms with E-state index in [0.29, 0.717) is 3.57 Å². The topological polar surface area (TPSA) is 38.9 Å². The molecule has 0 aliphatic carbocycles. The monoisotopic (exact) mass is 336 g/mol. The summed E-state index contributed by atoms with van der Waals surface area (Å²) in [6.07, 6.45) is -3.42. The van der Waals surface area contributed by atoms with E-state index in [1.165, 1.54) is 6.07 Å². The first kappa shape index (κ1) is 12.0. The Bertz CT molecular complexity index is 342. The number of hydrogen-bond donors (Lipinski definition) is 1. The van der Waals surface area contributed by atoms with Gasteiger partial charge < -0.3 is 5.73 Å². The number of aromatic nitrogens is 1. The van der Waals surface area contributed by atoms with Crippen molar-refractivity contribution in [3.63, 3.8) is 0 Å². The molecule has 1 rings (SSSR count). The second-order valence-electron chi connectivity index (χ2n) is 2.55. The third kappa shape index (κ3) is 2.71. The van der Waals surface area contributed by atoms with Gasteiger partial charge in [-0.1, -0.05) is 11.6 Å². The van der Waals surface area contributed by atoms with Crippen molar-refractivity contribution >= 4 is 34.2 Å². The summed E-state index contributed by atoms with van der Waals surface area (Å²) >= 11 is 7.23. The van der Waals surface area contributed by atoms with E-state index in [9.17, 15) is 13.2 Å².